The predicted molar refractivity (Wildman–Crippen MR) is 75.8 cm³/mol. The molecule has 0 spiro atoms. The van der Waals surface area contributed by atoms with Gasteiger partial charge in [-0.25, -0.2) is 0 Å². The zero-order chi connectivity index (χ0) is 14.4. The van der Waals surface area contributed by atoms with Crippen molar-refractivity contribution in [2.24, 2.45) is 0 Å². The van der Waals surface area contributed by atoms with Crippen molar-refractivity contribution in [1.82, 2.24) is 14.8 Å². The van der Waals surface area contributed by atoms with Crippen LogP contribution in [0.3, 0.4) is 0 Å². The van der Waals surface area contributed by atoms with Crippen LogP contribution in [0, 0.1) is 18.3 Å². The van der Waals surface area contributed by atoms with Crippen molar-refractivity contribution in [3.63, 3.8) is 0 Å². The molecule has 0 saturated carbocycles. The van der Waals surface area contributed by atoms with Crippen molar-refractivity contribution in [2.45, 2.75) is 32.7 Å². The Balaban J connectivity index is 2.21. The summed E-state index contributed by atoms with van der Waals surface area (Å²) in [5.74, 6) is 1.66. The molecule has 0 aliphatic heterocycles. The average Bonchev–Trinajstić information content (AvgIpc) is 2.85. The third-order valence-electron chi connectivity index (χ3n) is 3.23. The molecular weight excluding hydrogens is 252 g/mol. The summed E-state index contributed by atoms with van der Waals surface area (Å²) in [4.78, 5) is 0. The number of nitrogens with zero attached hydrogens (tertiary/aromatic N) is 4. The Kier molecular flexibility index (Phi) is 4.85. The number of hydrogen-bond acceptors (Lipinski definition) is 4. The van der Waals surface area contributed by atoms with Crippen molar-refractivity contribution >= 4 is 0 Å². The van der Waals surface area contributed by atoms with Crippen LogP contribution >= 0.6 is 0 Å². The van der Waals surface area contributed by atoms with E-state index in [2.05, 4.69) is 20.8 Å². The monoisotopic (exact) mass is 270 g/mol. The SMILES string of the molecule is Cc1nnc(-c2cccc(C#N)c2)n1CCCCCO. The van der Waals surface area contributed by atoms with Gasteiger partial charge in [-0.1, -0.05) is 12.1 Å². The lowest BCUT2D eigenvalue weighted by molar-refractivity contribution is 0.282. The van der Waals surface area contributed by atoms with Gasteiger partial charge in [0, 0.05) is 18.7 Å². The van der Waals surface area contributed by atoms with E-state index in [0.717, 1.165) is 43.0 Å². The first-order valence-corrected chi connectivity index (χ1v) is 6.77. The van der Waals surface area contributed by atoms with Crippen LogP contribution in [-0.4, -0.2) is 26.5 Å². The van der Waals surface area contributed by atoms with Crippen LogP contribution in [-0.2, 0) is 6.54 Å². The van der Waals surface area contributed by atoms with Crippen LogP contribution in [0.1, 0.15) is 30.7 Å². The number of aromatic nitrogens is 3. The molecule has 0 amide bonds. The molecule has 5 nitrogen and oxygen atoms in total. The summed E-state index contributed by atoms with van der Waals surface area (Å²) in [5, 5.41) is 26.1. The molecular formula is C15H18N4O. The zero-order valence-corrected chi connectivity index (χ0v) is 11.6. The minimum Gasteiger partial charge on any atom is -0.396 e. The molecule has 0 fully saturated rings. The fourth-order valence-electron chi connectivity index (χ4n) is 2.15. The van der Waals surface area contributed by atoms with E-state index < -0.39 is 0 Å². The molecule has 0 unspecified atom stereocenters. The molecule has 5 heteroatoms. The highest BCUT2D eigenvalue weighted by Crippen LogP contribution is 2.20. The van der Waals surface area contributed by atoms with Crippen LogP contribution in [0.25, 0.3) is 11.4 Å². The van der Waals surface area contributed by atoms with Crippen LogP contribution in [0.15, 0.2) is 24.3 Å². The van der Waals surface area contributed by atoms with Crippen LogP contribution < -0.4 is 0 Å². The largest absolute Gasteiger partial charge is 0.396 e. The molecule has 0 bridgehead atoms. The molecule has 1 heterocycles. The number of benzene rings is 1. The quantitative estimate of drug-likeness (QED) is 0.817. The van der Waals surface area contributed by atoms with Gasteiger partial charge in [0.15, 0.2) is 5.82 Å². The van der Waals surface area contributed by atoms with Crippen molar-refractivity contribution in [1.29, 1.82) is 5.26 Å². The minimum atomic E-state index is 0.234. The lowest BCUT2D eigenvalue weighted by Gasteiger charge is -2.08. The molecule has 0 radical (unpaired) electrons. The summed E-state index contributed by atoms with van der Waals surface area (Å²) in [6.07, 6.45) is 2.77. The lowest BCUT2D eigenvalue weighted by atomic mass is 10.1. The Hall–Kier alpha value is -2.19. The predicted octanol–water partition coefficient (Wildman–Crippen LogP) is 2.29. The summed E-state index contributed by atoms with van der Waals surface area (Å²) in [5.41, 5.74) is 1.53. The Bertz CT molecular complexity index is 613. The summed E-state index contributed by atoms with van der Waals surface area (Å²) in [6.45, 7) is 2.99. The topological polar surface area (TPSA) is 74.7 Å². The highest BCUT2D eigenvalue weighted by molar-refractivity contribution is 5.58. The van der Waals surface area contributed by atoms with E-state index in [4.69, 9.17) is 10.4 Å². The molecule has 0 atom stereocenters. The van der Waals surface area contributed by atoms with E-state index >= 15 is 0 Å². The normalized spacial score (nSPS) is 10.4. The first-order valence-electron chi connectivity index (χ1n) is 6.77. The van der Waals surface area contributed by atoms with E-state index in [1.54, 1.807) is 6.07 Å². The first-order chi connectivity index (χ1) is 9.76. The molecule has 1 aromatic carbocycles. The van der Waals surface area contributed by atoms with Gasteiger partial charge in [0.1, 0.15) is 5.82 Å². The number of aryl methyl sites for hydroxylation is 1. The molecule has 0 saturated heterocycles. The molecule has 104 valence electrons. The van der Waals surface area contributed by atoms with Crippen LogP contribution in [0.5, 0.6) is 0 Å². The lowest BCUT2D eigenvalue weighted by Crippen LogP contribution is -2.03. The van der Waals surface area contributed by atoms with Crippen molar-refractivity contribution < 1.29 is 5.11 Å². The van der Waals surface area contributed by atoms with Gasteiger partial charge >= 0.3 is 0 Å². The molecule has 2 rings (SSSR count). The Morgan fingerprint density at radius 1 is 1.25 bits per heavy atom. The van der Waals surface area contributed by atoms with Crippen LogP contribution in [0.2, 0.25) is 0 Å². The van der Waals surface area contributed by atoms with Gasteiger partial charge < -0.3 is 9.67 Å². The van der Waals surface area contributed by atoms with E-state index in [-0.39, 0.29) is 6.61 Å². The third kappa shape index (κ3) is 3.22. The number of aliphatic hydroxyl groups is 1. The van der Waals surface area contributed by atoms with Crippen molar-refractivity contribution in [3.05, 3.63) is 35.7 Å². The zero-order valence-electron chi connectivity index (χ0n) is 11.6. The molecule has 0 aliphatic carbocycles. The summed E-state index contributed by atoms with van der Waals surface area (Å²) in [6, 6.07) is 9.54. The van der Waals surface area contributed by atoms with E-state index in [1.807, 2.05) is 25.1 Å². The van der Waals surface area contributed by atoms with E-state index in [1.165, 1.54) is 0 Å². The second-order valence-electron chi connectivity index (χ2n) is 4.70. The van der Waals surface area contributed by atoms with Gasteiger partial charge in [-0.05, 0) is 38.3 Å². The fourth-order valence-corrected chi connectivity index (χ4v) is 2.15. The minimum absolute atomic E-state index is 0.234. The molecule has 1 aromatic heterocycles. The van der Waals surface area contributed by atoms with Gasteiger partial charge in [0.25, 0.3) is 0 Å². The Morgan fingerprint density at radius 2 is 2.10 bits per heavy atom. The van der Waals surface area contributed by atoms with Crippen LogP contribution in [0.4, 0.5) is 0 Å². The summed E-state index contributed by atoms with van der Waals surface area (Å²) >= 11 is 0. The first kappa shape index (κ1) is 14.2. The maximum absolute atomic E-state index is 8.97. The molecule has 2 aromatic rings. The third-order valence-corrected chi connectivity index (χ3v) is 3.23. The van der Waals surface area contributed by atoms with Gasteiger partial charge in [-0.2, -0.15) is 5.26 Å². The second kappa shape index (κ2) is 6.83. The summed E-state index contributed by atoms with van der Waals surface area (Å²) in [7, 11) is 0. The Morgan fingerprint density at radius 3 is 2.85 bits per heavy atom. The number of nitriles is 1. The fraction of sp³-hybridized carbons (Fsp3) is 0.400. The Labute approximate surface area is 118 Å². The number of unbranched alkanes of at least 4 members (excludes halogenated alkanes) is 2. The van der Waals surface area contributed by atoms with E-state index in [0.29, 0.717) is 5.56 Å². The maximum atomic E-state index is 8.97. The smallest absolute Gasteiger partial charge is 0.163 e. The van der Waals surface area contributed by atoms with Gasteiger partial charge in [0.05, 0.1) is 11.6 Å². The highest BCUT2D eigenvalue weighted by atomic mass is 16.2. The maximum Gasteiger partial charge on any atom is 0.163 e. The van der Waals surface area contributed by atoms with E-state index in [9.17, 15) is 0 Å². The number of aliphatic hydroxyl groups excluding tert-OH is 1. The van der Waals surface area contributed by atoms with Crippen molar-refractivity contribution in [3.8, 4) is 17.5 Å². The molecule has 1 N–H and O–H groups in total. The summed E-state index contributed by atoms with van der Waals surface area (Å²) < 4.78 is 2.06. The van der Waals surface area contributed by atoms with Gasteiger partial charge in [0.2, 0.25) is 0 Å². The number of rotatable bonds is 6. The second-order valence-corrected chi connectivity index (χ2v) is 4.70. The molecule has 0 aliphatic rings. The molecule has 20 heavy (non-hydrogen) atoms. The van der Waals surface area contributed by atoms with Crippen molar-refractivity contribution in [2.75, 3.05) is 6.61 Å². The number of hydrogen-bond donors (Lipinski definition) is 1. The van der Waals surface area contributed by atoms with Gasteiger partial charge in [-0.3, -0.25) is 0 Å². The van der Waals surface area contributed by atoms with Gasteiger partial charge in [-0.15, -0.1) is 10.2 Å². The average molecular weight is 270 g/mol. The standard InChI is InChI=1S/C15H18N4O/c1-12-17-18-15(19(12)8-3-2-4-9-20)14-7-5-6-13(10-14)11-16/h5-7,10,20H,2-4,8-9H2,1H3. The highest BCUT2D eigenvalue weighted by Gasteiger charge is 2.11.